The van der Waals surface area contributed by atoms with Crippen LogP contribution in [0.15, 0.2) is 34.9 Å². The number of amides is 2. The second-order valence-electron chi connectivity index (χ2n) is 7.89. The zero-order valence-electron chi connectivity index (χ0n) is 17.0. The predicted molar refractivity (Wildman–Crippen MR) is 107 cm³/mol. The molecule has 1 fully saturated rings. The van der Waals surface area contributed by atoms with Crippen molar-refractivity contribution in [2.45, 2.75) is 25.9 Å². The number of nitrogens with zero attached hydrogens (tertiary/aromatic N) is 3. The van der Waals surface area contributed by atoms with Crippen LogP contribution in [0.1, 0.15) is 28.6 Å². The lowest BCUT2D eigenvalue weighted by Crippen LogP contribution is -2.58. The number of fused-ring (bicyclic) bond motifs is 1. The summed E-state index contributed by atoms with van der Waals surface area (Å²) >= 11 is 0. The van der Waals surface area contributed by atoms with E-state index in [4.69, 9.17) is 9.26 Å². The van der Waals surface area contributed by atoms with Gasteiger partial charge in [0.1, 0.15) is 5.76 Å². The molecule has 3 heterocycles. The number of aromatic nitrogens is 1. The average Bonchev–Trinajstić information content (AvgIpc) is 3.12. The van der Waals surface area contributed by atoms with Crippen LogP contribution in [0, 0.1) is 6.92 Å². The Morgan fingerprint density at radius 3 is 2.63 bits per heavy atom. The Hall–Kier alpha value is -3.20. The Morgan fingerprint density at radius 1 is 1.20 bits per heavy atom. The molecule has 1 aromatic carbocycles. The molecular formula is C21H24N4O5. The van der Waals surface area contributed by atoms with Crippen LogP contribution in [-0.4, -0.2) is 71.1 Å². The highest BCUT2D eigenvalue weighted by atomic mass is 16.6. The fourth-order valence-electron chi connectivity index (χ4n) is 3.91. The second kappa shape index (κ2) is 7.91. The topological polar surface area (TPSA) is 105 Å². The van der Waals surface area contributed by atoms with Crippen molar-refractivity contribution in [3.8, 4) is 0 Å². The minimum atomic E-state index is -1.21. The minimum Gasteiger partial charge on any atom is -0.445 e. The molecule has 1 N–H and O–H groups in total. The first-order valence-electron chi connectivity index (χ1n) is 9.90. The van der Waals surface area contributed by atoms with Gasteiger partial charge in [-0.2, -0.15) is 0 Å². The first kappa shape index (κ1) is 20.1. The van der Waals surface area contributed by atoms with Gasteiger partial charge in [0, 0.05) is 38.7 Å². The molecule has 0 saturated carbocycles. The van der Waals surface area contributed by atoms with E-state index in [-0.39, 0.29) is 18.4 Å². The van der Waals surface area contributed by atoms with Crippen molar-refractivity contribution in [1.82, 2.24) is 15.0 Å². The van der Waals surface area contributed by atoms with E-state index in [1.54, 1.807) is 36.9 Å². The molecule has 4 rings (SSSR count). The third-order valence-corrected chi connectivity index (χ3v) is 5.46. The normalized spacial score (nSPS) is 21.7. The van der Waals surface area contributed by atoms with E-state index in [0.29, 0.717) is 49.7 Å². The zero-order valence-corrected chi connectivity index (χ0v) is 17.0. The van der Waals surface area contributed by atoms with Gasteiger partial charge in [0.15, 0.2) is 11.4 Å². The highest BCUT2D eigenvalue weighted by molar-refractivity contribution is 5.97. The van der Waals surface area contributed by atoms with Gasteiger partial charge in [-0.3, -0.25) is 14.5 Å². The predicted octanol–water partition coefficient (Wildman–Crippen LogP) is 1.24. The molecule has 9 nitrogen and oxygen atoms in total. The van der Waals surface area contributed by atoms with Crippen molar-refractivity contribution < 1.29 is 23.6 Å². The molecule has 0 radical (unpaired) electrons. The van der Waals surface area contributed by atoms with Crippen LogP contribution >= 0.6 is 0 Å². The monoisotopic (exact) mass is 412 g/mol. The summed E-state index contributed by atoms with van der Waals surface area (Å²) in [5, 5.41) is 6.44. The molecule has 0 aliphatic carbocycles. The van der Waals surface area contributed by atoms with Crippen LogP contribution in [0.3, 0.4) is 0 Å². The fourth-order valence-corrected chi connectivity index (χ4v) is 3.91. The van der Waals surface area contributed by atoms with Gasteiger partial charge in [0.05, 0.1) is 12.1 Å². The van der Waals surface area contributed by atoms with Crippen molar-refractivity contribution in [1.29, 1.82) is 0 Å². The van der Waals surface area contributed by atoms with Crippen LogP contribution in [0.25, 0.3) is 0 Å². The maximum atomic E-state index is 13.1. The molecule has 9 heteroatoms. The Kier molecular flexibility index (Phi) is 5.29. The minimum absolute atomic E-state index is 0.187. The van der Waals surface area contributed by atoms with Gasteiger partial charge in [-0.15, -0.1) is 0 Å². The summed E-state index contributed by atoms with van der Waals surface area (Å²) in [7, 11) is 0. The van der Waals surface area contributed by atoms with E-state index in [0.717, 1.165) is 5.56 Å². The number of nitrogens with one attached hydrogen (secondary N) is 1. The van der Waals surface area contributed by atoms with Gasteiger partial charge in [-0.25, -0.2) is 4.79 Å². The molecule has 1 saturated heterocycles. The molecule has 2 amide bonds. The number of piperazine rings is 1. The van der Waals surface area contributed by atoms with Crippen molar-refractivity contribution in [3.05, 3.63) is 47.2 Å². The van der Waals surface area contributed by atoms with E-state index in [9.17, 15) is 14.4 Å². The van der Waals surface area contributed by atoms with Gasteiger partial charge >= 0.3 is 5.97 Å². The smallest absolute Gasteiger partial charge is 0.339 e. The first-order valence-corrected chi connectivity index (χ1v) is 9.90. The molecule has 158 valence electrons. The van der Waals surface area contributed by atoms with Crippen molar-refractivity contribution in [3.63, 3.8) is 0 Å². The molecule has 2 aromatic rings. The molecule has 2 aliphatic heterocycles. The number of rotatable bonds is 4. The maximum absolute atomic E-state index is 13.1. The zero-order chi connectivity index (χ0) is 21.3. The van der Waals surface area contributed by atoms with Gasteiger partial charge in [0.2, 0.25) is 5.91 Å². The van der Waals surface area contributed by atoms with Crippen LogP contribution in [-0.2, 0) is 20.7 Å². The lowest BCUT2D eigenvalue weighted by molar-refractivity contribution is -0.153. The third-order valence-electron chi connectivity index (χ3n) is 5.46. The van der Waals surface area contributed by atoms with Gasteiger partial charge < -0.3 is 19.5 Å². The number of carbonyl (C=O) groups excluding carboxylic acids is 3. The van der Waals surface area contributed by atoms with E-state index < -0.39 is 11.6 Å². The van der Waals surface area contributed by atoms with Crippen LogP contribution in [0.5, 0.6) is 0 Å². The fraction of sp³-hybridized carbons (Fsp3) is 0.429. The summed E-state index contributed by atoms with van der Waals surface area (Å²) in [6.07, 6.45) is 0.355. The number of cyclic esters (lactones) is 1. The molecule has 2 aliphatic rings. The lowest BCUT2D eigenvalue weighted by atomic mass is 9.88. The van der Waals surface area contributed by atoms with E-state index in [1.807, 2.05) is 17.0 Å². The maximum Gasteiger partial charge on any atom is 0.339 e. The SMILES string of the molecule is Cc1cc(NC(=O)CN2CCN(C(=O)C3(C)Cc4ccccc4C(=O)O3)CC2)no1. The molecule has 0 spiro atoms. The molecule has 1 aromatic heterocycles. The lowest BCUT2D eigenvalue weighted by Gasteiger charge is -2.40. The number of anilines is 1. The van der Waals surface area contributed by atoms with Gasteiger partial charge in [-0.05, 0) is 25.5 Å². The Morgan fingerprint density at radius 2 is 1.93 bits per heavy atom. The molecule has 30 heavy (non-hydrogen) atoms. The van der Waals surface area contributed by atoms with E-state index in [1.165, 1.54) is 0 Å². The van der Waals surface area contributed by atoms with Gasteiger partial charge in [-0.1, -0.05) is 23.4 Å². The van der Waals surface area contributed by atoms with Crippen LogP contribution in [0.2, 0.25) is 0 Å². The second-order valence-corrected chi connectivity index (χ2v) is 7.89. The third kappa shape index (κ3) is 4.06. The summed E-state index contributed by atoms with van der Waals surface area (Å²) in [5.41, 5.74) is 0.124. The van der Waals surface area contributed by atoms with E-state index >= 15 is 0 Å². The van der Waals surface area contributed by atoms with Crippen molar-refractivity contribution >= 4 is 23.6 Å². The largest absolute Gasteiger partial charge is 0.445 e. The number of ether oxygens (including phenoxy) is 1. The van der Waals surface area contributed by atoms with Gasteiger partial charge in [0.25, 0.3) is 5.91 Å². The summed E-state index contributed by atoms with van der Waals surface area (Å²) in [5.74, 6) is 0.155. The number of carbonyl (C=O) groups is 3. The van der Waals surface area contributed by atoms with Crippen molar-refractivity contribution in [2.24, 2.45) is 0 Å². The Labute approximate surface area is 173 Å². The van der Waals surface area contributed by atoms with Crippen molar-refractivity contribution in [2.75, 3.05) is 38.0 Å². The Balaban J connectivity index is 1.32. The average molecular weight is 412 g/mol. The number of esters is 1. The number of benzene rings is 1. The van der Waals surface area contributed by atoms with Crippen LogP contribution < -0.4 is 5.32 Å². The molecule has 0 bridgehead atoms. The Bertz CT molecular complexity index is 979. The van der Waals surface area contributed by atoms with Crippen LogP contribution in [0.4, 0.5) is 5.82 Å². The highest BCUT2D eigenvalue weighted by Gasteiger charge is 2.45. The standard InChI is InChI=1S/C21H24N4O5/c1-14-11-17(23-30-14)22-18(26)13-24-7-9-25(10-8-24)20(28)21(2)12-15-5-3-4-6-16(15)19(27)29-21/h3-6,11H,7-10,12-13H2,1-2H3,(H,22,23,26). The highest BCUT2D eigenvalue weighted by Crippen LogP contribution is 2.30. The first-order chi connectivity index (χ1) is 14.3. The molecule has 1 unspecified atom stereocenters. The molecular weight excluding hydrogens is 388 g/mol. The summed E-state index contributed by atoms with van der Waals surface area (Å²) in [6.45, 7) is 5.65. The molecule has 1 atom stereocenters. The summed E-state index contributed by atoms with van der Waals surface area (Å²) in [6, 6.07) is 8.86. The number of hydrogen-bond acceptors (Lipinski definition) is 7. The number of hydrogen-bond donors (Lipinski definition) is 1. The quantitative estimate of drug-likeness (QED) is 0.753. The number of aryl methyl sites for hydroxylation is 1. The van der Waals surface area contributed by atoms with E-state index in [2.05, 4.69) is 10.5 Å². The summed E-state index contributed by atoms with van der Waals surface area (Å²) in [4.78, 5) is 41.3. The summed E-state index contributed by atoms with van der Waals surface area (Å²) < 4.78 is 10.5.